The van der Waals surface area contributed by atoms with E-state index >= 15 is 0 Å². The van der Waals surface area contributed by atoms with E-state index < -0.39 is 0 Å². The lowest BCUT2D eigenvalue weighted by atomic mass is 9.90. The van der Waals surface area contributed by atoms with Crippen molar-refractivity contribution in [3.63, 3.8) is 0 Å². The smallest absolute Gasteiger partial charge is 0.258 e. The third-order valence-corrected chi connectivity index (χ3v) is 6.63. The second-order valence-electron chi connectivity index (χ2n) is 8.84. The summed E-state index contributed by atoms with van der Waals surface area (Å²) in [5.74, 6) is -0.311. The van der Waals surface area contributed by atoms with E-state index in [1.165, 1.54) is 17.7 Å². The predicted molar refractivity (Wildman–Crippen MR) is 133 cm³/mol. The van der Waals surface area contributed by atoms with Gasteiger partial charge in [-0.3, -0.25) is 4.79 Å². The van der Waals surface area contributed by atoms with Crippen LogP contribution in [0.2, 0.25) is 0 Å². The summed E-state index contributed by atoms with van der Waals surface area (Å²) < 4.78 is 13.6. The van der Waals surface area contributed by atoms with Gasteiger partial charge in [-0.15, -0.1) is 0 Å². The molecule has 0 N–H and O–H groups in total. The molecule has 3 nitrogen and oxygen atoms in total. The Bertz CT molecular complexity index is 1420. The highest BCUT2D eigenvalue weighted by Crippen LogP contribution is 2.48. The summed E-state index contributed by atoms with van der Waals surface area (Å²) in [5, 5.41) is 0. The van der Waals surface area contributed by atoms with E-state index in [0.717, 1.165) is 33.6 Å². The zero-order chi connectivity index (χ0) is 23.2. The minimum Gasteiger partial charge on any atom is -0.315 e. The van der Waals surface area contributed by atoms with Crippen molar-refractivity contribution in [1.82, 2.24) is 4.90 Å². The molecule has 4 aromatic carbocycles. The summed E-state index contributed by atoms with van der Waals surface area (Å²) in [6.07, 6.45) is 1.89. The Morgan fingerprint density at radius 1 is 0.824 bits per heavy atom. The van der Waals surface area contributed by atoms with Gasteiger partial charge >= 0.3 is 0 Å². The fourth-order valence-corrected chi connectivity index (χ4v) is 4.96. The van der Waals surface area contributed by atoms with E-state index in [4.69, 9.17) is 0 Å². The molecule has 1 atom stereocenters. The van der Waals surface area contributed by atoms with Crippen LogP contribution in [-0.4, -0.2) is 10.8 Å². The highest BCUT2D eigenvalue weighted by atomic mass is 19.1. The Hall–Kier alpha value is -4.18. The second kappa shape index (κ2) is 7.99. The summed E-state index contributed by atoms with van der Waals surface area (Å²) in [6.45, 7) is 2.46. The largest absolute Gasteiger partial charge is 0.315 e. The number of nitrogens with zero attached hydrogens (tertiary/aromatic N) is 2. The molecule has 6 rings (SSSR count). The number of aryl methyl sites for hydroxylation is 1. The Balaban J connectivity index is 1.57. The monoisotopic (exact) mass is 446 g/mol. The number of anilines is 1. The fraction of sp³-hybridized carbons (Fsp3) is 0.100. The van der Waals surface area contributed by atoms with Gasteiger partial charge in [0.1, 0.15) is 12.0 Å². The zero-order valence-corrected chi connectivity index (χ0v) is 18.8. The number of hydrogen-bond acceptors (Lipinski definition) is 2. The molecule has 0 aromatic heterocycles. The van der Waals surface area contributed by atoms with Crippen LogP contribution in [0.4, 0.5) is 10.1 Å². The van der Waals surface area contributed by atoms with Crippen molar-refractivity contribution >= 4 is 23.4 Å². The van der Waals surface area contributed by atoms with Crippen LogP contribution in [-0.2, 0) is 6.54 Å². The molecular weight excluding hydrogens is 423 g/mol. The number of amides is 1. The standard InChI is InChI=1S/C30H23FN2O/c1-20-10-14-22(15-11-20)28-18-23-6-2-3-7-25(23)29-32(19-21-12-16-24(31)17-13-21)30(34)26-8-4-5-9-27(26)33(28)29/h2-18,29H,19H2,1H3. The average molecular weight is 447 g/mol. The van der Waals surface area contributed by atoms with Crippen LogP contribution in [0, 0.1) is 12.7 Å². The number of hydrogen-bond donors (Lipinski definition) is 0. The van der Waals surface area contributed by atoms with Crippen LogP contribution in [0.1, 0.15) is 44.3 Å². The highest BCUT2D eigenvalue weighted by molar-refractivity contribution is 6.07. The molecule has 0 bridgehead atoms. The number of rotatable bonds is 3. The summed E-state index contributed by atoms with van der Waals surface area (Å²) in [6, 6.07) is 30.9. The van der Waals surface area contributed by atoms with E-state index in [0.29, 0.717) is 12.1 Å². The van der Waals surface area contributed by atoms with Crippen LogP contribution >= 0.6 is 0 Å². The van der Waals surface area contributed by atoms with Gasteiger partial charge in [0.05, 0.1) is 16.9 Å². The van der Waals surface area contributed by atoms with Crippen LogP contribution in [0.15, 0.2) is 97.1 Å². The van der Waals surface area contributed by atoms with Crippen molar-refractivity contribution in [3.05, 3.63) is 136 Å². The number of halogens is 1. The van der Waals surface area contributed by atoms with E-state index in [2.05, 4.69) is 54.3 Å². The van der Waals surface area contributed by atoms with Gasteiger partial charge in [0.2, 0.25) is 0 Å². The van der Waals surface area contributed by atoms with Crippen LogP contribution < -0.4 is 4.90 Å². The number of para-hydroxylation sites is 1. The Morgan fingerprint density at radius 3 is 2.32 bits per heavy atom. The topological polar surface area (TPSA) is 23.6 Å². The lowest BCUT2D eigenvalue weighted by molar-refractivity contribution is 0.0642. The number of benzene rings is 4. The molecule has 0 spiro atoms. The normalized spacial score (nSPS) is 16.5. The summed E-state index contributed by atoms with van der Waals surface area (Å²) in [5.41, 5.74) is 7.96. The first-order valence-electron chi connectivity index (χ1n) is 11.4. The quantitative estimate of drug-likeness (QED) is 0.345. The van der Waals surface area contributed by atoms with Crippen molar-refractivity contribution in [2.45, 2.75) is 19.6 Å². The molecule has 0 saturated carbocycles. The molecular formula is C30H23FN2O. The summed E-state index contributed by atoms with van der Waals surface area (Å²) >= 11 is 0. The van der Waals surface area contributed by atoms with Crippen LogP contribution in [0.3, 0.4) is 0 Å². The lowest BCUT2D eigenvalue weighted by Gasteiger charge is -2.49. The maximum atomic E-state index is 13.8. The molecule has 34 heavy (non-hydrogen) atoms. The van der Waals surface area contributed by atoms with E-state index in [1.807, 2.05) is 41.3 Å². The molecule has 2 aliphatic heterocycles. The molecule has 1 amide bonds. The third kappa shape index (κ3) is 3.30. The number of carbonyl (C=O) groups excluding carboxylic acids is 1. The van der Waals surface area contributed by atoms with Crippen molar-refractivity contribution in [1.29, 1.82) is 0 Å². The second-order valence-corrected chi connectivity index (χ2v) is 8.84. The Morgan fingerprint density at radius 2 is 1.53 bits per heavy atom. The van der Waals surface area contributed by atoms with Gasteiger partial charge in [0.15, 0.2) is 0 Å². The van der Waals surface area contributed by atoms with Gasteiger partial charge in [-0.25, -0.2) is 4.39 Å². The molecule has 0 saturated heterocycles. The van der Waals surface area contributed by atoms with E-state index in [9.17, 15) is 9.18 Å². The summed E-state index contributed by atoms with van der Waals surface area (Å²) in [4.78, 5) is 18.0. The molecule has 0 aliphatic carbocycles. The fourth-order valence-electron chi connectivity index (χ4n) is 4.96. The van der Waals surface area contributed by atoms with Gasteiger partial charge in [0, 0.05) is 12.1 Å². The number of fused-ring (bicyclic) bond motifs is 5. The Kier molecular flexibility index (Phi) is 4.80. The van der Waals surface area contributed by atoms with Crippen LogP contribution in [0.25, 0.3) is 11.8 Å². The van der Waals surface area contributed by atoms with Gasteiger partial charge in [-0.05, 0) is 54.0 Å². The van der Waals surface area contributed by atoms with Crippen molar-refractivity contribution in [3.8, 4) is 0 Å². The molecule has 2 aliphatic rings. The molecule has 166 valence electrons. The molecule has 0 fully saturated rings. The molecule has 2 heterocycles. The van der Waals surface area contributed by atoms with E-state index in [-0.39, 0.29) is 17.9 Å². The van der Waals surface area contributed by atoms with E-state index in [1.54, 1.807) is 12.1 Å². The average Bonchev–Trinajstić information content (AvgIpc) is 2.87. The molecule has 4 aromatic rings. The summed E-state index contributed by atoms with van der Waals surface area (Å²) in [7, 11) is 0. The predicted octanol–water partition coefficient (Wildman–Crippen LogP) is 6.81. The van der Waals surface area contributed by atoms with Crippen molar-refractivity contribution < 1.29 is 9.18 Å². The Labute approximate surface area is 198 Å². The van der Waals surface area contributed by atoms with Crippen molar-refractivity contribution in [2.75, 3.05) is 4.90 Å². The van der Waals surface area contributed by atoms with Gasteiger partial charge in [0.25, 0.3) is 5.91 Å². The third-order valence-electron chi connectivity index (χ3n) is 6.63. The van der Waals surface area contributed by atoms with Gasteiger partial charge in [-0.1, -0.05) is 78.4 Å². The maximum Gasteiger partial charge on any atom is 0.258 e. The van der Waals surface area contributed by atoms with Crippen molar-refractivity contribution in [2.24, 2.45) is 0 Å². The SMILES string of the molecule is Cc1ccc(C2=Cc3ccccc3C3N(Cc4ccc(F)cc4)C(=O)c4ccccc4N23)cc1. The maximum absolute atomic E-state index is 13.8. The first-order chi connectivity index (χ1) is 16.6. The minimum atomic E-state index is -0.315. The van der Waals surface area contributed by atoms with Gasteiger partial charge in [-0.2, -0.15) is 0 Å². The van der Waals surface area contributed by atoms with Crippen LogP contribution in [0.5, 0.6) is 0 Å². The molecule has 0 radical (unpaired) electrons. The van der Waals surface area contributed by atoms with Gasteiger partial charge < -0.3 is 9.80 Å². The number of carbonyl (C=O) groups is 1. The zero-order valence-electron chi connectivity index (χ0n) is 18.8. The molecule has 1 unspecified atom stereocenters. The lowest BCUT2D eigenvalue weighted by Crippen LogP contribution is -2.49. The molecule has 4 heteroatoms. The minimum absolute atomic E-state index is 0.0267. The first kappa shape index (κ1) is 20.4. The first-order valence-corrected chi connectivity index (χ1v) is 11.4. The highest BCUT2D eigenvalue weighted by Gasteiger charge is 2.42.